The predicted octanol–water partition coefficient (Wildman–Crippen LogP) is 0.656. The fraction of sp³-hybridized carbons (Fsp3) is 0.600. The summed E-state index contributed by atoms with van der Waals surface area (Å²) in [5.74, 6) is 0.646. The zero-order valence-electron chi connectivity index (χ0n) is 13.3. The molecule has 1 aliphatic carbocycles. The Hall–Kier alpha value is -2.06. The minimum atomic E-state index is -0.529. The SMILES string of the molecule is CN(C)c1ncc(-c2cn([C@@H]3COC4(CCC4)[C@H]3O)nn2)cn1. The molecule has 1 saturated heterocycles. The highest BCUT2D eigenvalue weighted by molar-refractivity contribution is 5.55. The van der Waals surface area contributed by atoms with Gasteiger partial charge in [0.1, 0.15) is 17.8 Å². The number of anilines is 1. The summed E-state index contributed by atoms with van der Waals surface area (Å²) in [6.45, 7) is 0.472. The molecule has 0 amide bonds. The number of ether oxygens (including phenoxy) is 1. The second-order valence-electron chi connectivity index (χ2n) is 6.49. The molecule has 3 heterocycles. The fourth-order valence-corrected chi connectivity index (χ4v) is 3.22. The largest absolute Gasteiger partial charge is 0.388 e. The fourth-order valence-electron chi connectivity index (χ4n) is 3.22. The van der Waals surface area contributed by atoms with Crippen LogP contribution in [0.5, 0.6) is 0 Å². The molecule has 1 spiro atoms. The number of aliphatic hydroxyl groups is 1. The molecular formula is C15H20N6O2. The molecule has 2 atom stereocenters. The van der Waals surface area contributed by atoms with Gasteiger partial charge in [-0.3, -0.25) is 0 Å². The van der Waals surface area contributed by atoms with Gasteiger partial charge >= 0.3 is 0 Å². The lowest BCUT2D eigenvalue weighted by atomic mass is 9.75. The van der Waals surface area contributed by atoms with Crippen molar-refractivity contribution in [2.75, 3.05) is 25.6 Å². The first-order valence-corrected chi connectivity index (χ1v) is 7.83. The quantitative estimate of drug-likeness (QED) is 0.889. The Morgan fingerprint density at radius 1 is 1.30 bits per heavy atom. The highest BCUT2D eigenvalue weighted by Crippen LogP contribution is 2.46. The summed E-state index contributed by atoms with van der Waals surface area (Å²) in [5, 5.41) is 18.9. The summed E-state index contributed by atoms with van der Waals surface area (Å²) < 4.78 is 7.55. The van der Waals surface area contributed by atoms with E-state index in [-0.39, 0.29) is 11.6 Å². The van der Waals surface area contributed by atoms with E-state index in [0.717, 1.165) is 24.8 Å². The maximum atomic E-state index is 10.5. The van der Waals surface area contributed by atoms with Crippen molar-refractivity contribution in [2.24, 2.45) is 0 Å². The van der Waals surface area contributed by atoms with Crippen molar-refractivity contribution in [1.82, 2.24) is 25.0 Å². The van der Waals surface area contributed by atoms with E-state index in [1.165, 1.54) is 0 Å². The summed E-state index contributed by atoms with van der Waals surface area (Å²) in [6.07, 6.45) is 7.71. The summed E-state index contributed by atoms with van der Waals surface area (Å²) in [7, 11) is 3.78. The molecule has 8 heteroatoms. The van der Waals surface area contributed by atoms with Gasteiger partial charge in [-0.1, -0.05) is 5.21 Å². The van der Waals surface area contributed by atoms with E-state index >= 15 is 0 Å². The lowest BCUT2D eigenvalue weighted by Gasteiger charge is -2.40. The van der Waals surface area contributed by atoms with E-state index in [9.17, 15) is 5.11 Å². The van der Waals surface area contributed by atoms with Gasteiger partial charge in [0.25, 0.3) is 0 Å². The van der Waals surface area contributed by atoms with E-state index in [1.807, 2.05) is 25.2 Å². The van der Waals surface area contributed by atoms with Crippen molar-refractivity contribution in [3.8, 4) is 11.3 Å². The Kier molecular flexibility index (Phi) is 3.31. The summed E-state index contributed by atoms with van der Waals surface area (Å²) in [4.78, 5) is 10.4. The molecular weight excluding hydrogens is 296 g/mol. The van der Waals surface area contributed by atoms with E-state index in [1.54, 1.807) is 17.1 Å². The van der Waals surface area contributed by atoms with E-state index in [0.29, 0.717) is 18.2 Å². The Bertz CT molecular complexity index is 694. The monoisotopic (exact) mass is 316 g/mol. The third kappa shape index (κ3) is 2.29. The van der Waals surface area contributed by atoms with Gasteiger partial charge in [-0.25, -0.2) is 14.6 Å². The van der Waals surface area contributed by atoms with Crippen LogP contribution in [0.2, 0.25) is 0 Å². The first-order chi connectivity index (χ1) is 11.1. The standard InChI is InChI=1S/C15H20N6O2/c1-20(2)14-16-6-10(7-17-14)11-8-21(19-18-11)12-9-23-15(13(12)22)4-3-5-15/h6-8,12-13,22H,3-5,9H2,1-2H3/t12-,13+/m1/s1. The van der Waals surface area contributed by atoms with Crippen LogP contribution in [0.15, 0.2) is 18.6 Å². The van der Waals surface area contributed by atoms with Gasteiger partial charge < -0.3 is 14.7 Å². The summed E-state index contributed by atoms with van der Waals surface area (Å²) in [6, 6.07) is -0.182. The average molecular weight is 316 g/mol. The topological polar surface area (TPSA) is 89.2 Å². The molecule has 2 fully saturated rings. The average Bonchev–Trinajstić information content (AvgIpc) is 3.11. The maximum Gasteiger partial charge on any atom is 0.224 e. The molecule has 0 bridgehead atoms. The van der Waals surface area contributed by atoms with Crippen molar-refractivity contribution in [3.05, 3.63) is 18.6 Å². The Balaban J connectivity index is 1.55. The highest BCUT2D eigenvalue weighted by Gasteiger charge is 2.53. The normalized spacial score (nSPS) is 25.5. The van der Waals surface area contributed by atoms with E-state index in [2.05, 4.69) is 20.3 Å². The van der Waals surface area contributed by atoms with Crippen LogP contribution in [-0.4, -0.2) is 62.5 Å². The first kappa shape index (κ1) is 14.5. The van der Waals surface area contributed by atoms with Gasteiger partial charge in [0.15, 0.2) is 0 Å². The smallest absolute Gasteiger partial charge is 0.224 e. The Labute approximate surface area is 134 Å². The zero-order chi connectivity index (χ0) is 16.0. The van der Waals surface area contributed by atoms with Crippen LogP contribution in [0.25, 0.3) is 11.3 Å². The maximum absolute atomic E-state index is 10.5. The van der Waals surface area contributed by atoms with Crippen LogP contribution in [-0.2, 0) is 4.74 Å². The summed E-state index contributed by atoms with van der Waals surface area (Å²) >= 11 is 0. The number of nitrogens with zero attached hydrogens (tertiary/aromatic N) is 6. The third-order valence-electron chi connectivity index (χ3n) is 4.83. The molecule has 4 rings (SSSR count). The zero-order valence-corrected chi connectivity index (χ0v) is 13.3. The van der Waals surface area contributed by atoms with Crippen LogP contribution in [0.1, 0.15) is 25.3 Å². The van der Waals surface area contributed by atoms with Crippen LogP contribution in [0.4, 0.5) is 5.95 Å². The molecule has 122 valence electrons. The second kappa shape index (κ2) is 5.24. The number of rotatable bonds is 3. The number of hydrogen-bond acceptors (Lipinski definition) is 7. The lowest BCUT2D eigenvalue weighted by molar-refractivity contribution is -0.111. The molecule has 0 radical (unpaired) electrons. The van der Waals surface area contributed by atoms with Gasteiger partial charge in [-0.05, 0) is 19.3 Å². The Morgan fingerprint density at radius 3 is 2.61 bits per heavy atom. The van der Waals surface area contributed by atoms with Gasteiger partial charge in [0.05, 0.1) is 18.4 Å². The molecule has 2 aromatic rings. The molecule has 23 heavy (non-hydrogen) atoms. The highest BCUT2D eigenvalue weighted by atomic mass is 16.5. The minimum absolute atomic E-state index is 0.182. The summed E-state index contributed by atoms with van der Waals surface area (Å²) in [5.41, 5.74) is 1.14. The van der Waals surface area contributed by atoms with Crippen LogP contribution >= 0.6 is 0 Å². The van der Waals surface area contributed by atoms with Crippen LogP contribution in [0.3, 0.4) is 0 Å². The minimum Gasteiger partial charge on any atom is -0.388 e. The molecule has 0 aromatic carbocycles. The molecule has 2 aliphatic rings. The van der Waals surface area contributed by atoms with Gasteiger partial charge in [0, 0.05) is 32.1 Å². The number of aromatic nitrogens is 5. The molecule has 1 N–H and O–H groups in total. The van der Waals surface area contributed by atoms with Gasteiger partial charge in [-0.2, -0.15) is 0 Å². The van der Waals surface area contributed by atoms with Crippen molar-refractivity contribution in [3.63, 3.8) is 0 Å². The van der Waals surface area contributed by atoms with E-state index in [4.69, 9.17) is 4.74 Å². The molecule has 2 aromatic heterocycles. The number of aliphatic hydroxyl groups excluding tert-OH is 1. The van der Waals surface area contributed by atoms with E-state index < -0.39 is 6.10 Å². The van der Waals surface area contributed by atoms with Crippen molar-refractivity contribution in [1.29, 1.82) is 0 Å². The van der Waals surface area contributed by atoms with Crippen LogP contribution in [0, 0.1) is 0 Å². The van der Waals surface area contributed by atoms with Gasteiger partial charge in [0.2, 0.25) is 5.95 Å². The lowest BCUT2D eigenvalue weighted by Crippen LogP contribution is -2.47. The second-order valence-corrected chi connectivity index (χ2v) is 6.49. The molecule has 1 saturated carbocycles. The van der Waals surface area contributed by atoms with Crippen molar-refractivity contribution >= 4 is 5.95 Å². The molecule has 1 aliphatic heterocycles. The molecule has 0 unspecified atom stereocenters. The predicted molar refractivity (Wildman–Crippen MR) is 83.0 cm³/mol. The number of hydrogen-bond donors (Lipinski definition) is 1. The van der Waals surface area contributed by atoms with Crippen molar-refractivity contribution < 1.29 is 9.84 Å². The Morgan fingerprint density at radius 2 is 2.04 bits per heavy atom. The first-order valence-electron chi connectivity index (χ1n) is 7.83. The molecule has 8 nitrogen and oxygen atoms in total. The third-order valence-corrected chi connectivity index (χ3v) is 4.83. The van der Waals surface area contributed by atoms with Crippen molar-refractivity contribution in [2.45, 2.75) is 37.0 Å². The van der Waals surface area contributed by atoms with Crippen LogP contribution < -0.4 is 4.90 Å². The van der Waals surface area contributed by atoms with Gasteiger partial charge in [-0.15, -0.1) is 5.10 Å².